The standard InChI is InChI=1S/C12H9ClN4S/c1-18-12-14-5-4-11(16-12)17-7-15-9-3-2-8(13)6-10(9)17/h2-7H,1H3. The third kappa shape index (κ3) is 1.95. The average Bonchev–Trinajstić information content (AvgIpc) is 2.81. The highest BCUT2D eigenvalue weighted by Gasteiger charge is 2.07. The number of thioether (sulfide) groups is 1. The second kappa shape index (κ2) is 4.59. The van der Waals surface area contributed by atoms with E-state index in [4.69, 9.17) is 11.6 Å². The Labute approximate surface area is 113 Å². The second-order valence-corrected chi connectivity index (χ2v) is 4.86. The molecule has 2 aromatic heterocycles. The van der Waals surface area contributed by atoms with Gasteiger partial charge in [0.1, 0.15) is 12.1 Å². The molecule has 0 spiro atoms. The largest absolute Gasteiger partial charge is 0.283 e. The van der Waals surface area contributed by atoms with Crippen LogP contribution >= 0.6 is 23.4 Å². The van der Waals surface area contributed by atoms with E-state index in [1.54, 1.807) is 12.5 Å². The van der Waals surface area contributed by atoms with Gasteiger partial charge in [-0.25, -0.2) is 15.0 Å². The molecule has 0 N–H and O–H groups in total. The quantitative estimate of drug-likeness (QED) is 0.533. The van der Waals surface area contributed by atoms with Gasteiger partial charge >= 0.3 is 0 Å². The molecule has 0 bridgehead atoms. The van der Waals surface area contributed by atoms with Crippen LogP contribution in [0.15, 0.2) is 41.9 Å². The Hall–Kier alpha value is -1.59. The third-order valence-electron chi connectivity index (χ3n) is 2.56. The van der Waals surface area contributed by atoms with Gasteiger partial charge in [-0.15, -0.1) is 0 Å². The fraction of sp³-hybridized carbons (Fsp3) is 0.0833. The number of hydrogen-bond acceptors (Lipinski definition) is 4. The number of halogens is 1. The minimum Gasteiger partial charge on any atom is -0.283 e. The van der Waals surface area contributed by atoms with E-state index in [1.165, 1.54) is 11.8 Å². The maximum absolute atomic E-state index is 6.02. The summed E-state index contributed by atoms with van der Waals surface area (Å²) in [6.45, 7) is 0. The Bertz CT molecular complexity index is 710. The summed E-state index contributed by atoms with van der Waals surface area (Å²) >= 11 is 7.52. The van der Waals surface area contributed by atoms with Gasteiger partial charge in [-0.3, -0.25) is 4.57 Å². The summed E-state index contributed by atoms with van der Waals surface area (Å²) in [6, 6.07) is 7.45. The summed E-state index contributed by atoms with van der Waals surface area (Å²) in [5.41, 5.74) is 1.83. The zero-order chi connectivity index (χ0) is 12.5. The Kier molecular flexibility index (Phi) is 2.93. The molecule has 0 saturated heterocycles. The molecule has 0 aliphatic carbocycles. The lowest BCUT2D eigenvalue weighted by molar-refractivity contribution is 0.902. The van der Waals surface area contributed by atoms with E-state index in [-0.39, 0.29) is 0 Å². The summed E-state index contributed by atoms with van der Waals surface area (Å²) in [4.78, 5) is 12.9. The fourth-order valence-electron chi connectivity index (χ4n) is 1.73. The summed E-state index contributed by atoms with van der Waals surface area (Å²) in [5.74, 6) is 0.791. The van der Waals surface area contributed by atoms with Crippen molar-refractivity contribution in [3.8, 4) is 5.82 Å². The molecule has 4 nitrogen and oxygen atoms in total. The topological polar surface area (TPSA) is 43.6 Å². The highest BCUT2D eigenvalue weighted by atomic mass is 35.5. The van der Waals surface area contributed by atoms with Crippen molar-refractivity contribution in [2.45, 2.75) is 5.16 Å². The smallest absolute Gasteiger partial charge is 0.189 e. The number of hydrogen-bond donors (Lipinski definition) is 0. The third-order valence-corrected chi connectivity index (χ3v) is 3.35. The van der Waals surface area contributed by atoms with Crippen LogP contribution in [0, 0.1) is 0 Å². The monoisotopic (exact) mass is 276 g/mol. The number of fused-ring (bicyclic) bond motifs is 1. The van der Waals surface area contributed by atoms with E-state index in [0.29, 0.717) is 5.02 Å². The number of aromatic nitrogens is 4. The number of nitrogens with zero attached hydrogens (tertiary/aromatic N) is 4. The van der Waals surface area contributed by atoms with Crippen LogP contribution in [0.2, 0.25) is 5.02 Å². The van der Waals surface area contributed by atoms with Gasteiger partial charge in [0.25, 0.3) is 0 Å². The van der Waals surface area contributed by atoms with Crippen molar-refractivity contribution in [2.75, 3.05) is 6.26 Å². The molecular formula is C12H9ClN4S. The maximum atomic E-state index is 6.02. The van der Waals surface area contributed by atoms with Crippen LogP contribution in [-0.4, -0.2) is 25.8 Å². The van der Waals surface area contributed by atoms with E-state index >= 15 is 0 Å². The number of imidazole rings is 1. The lowest BCUT2D eigenvalue weighted by Gasteiger charge is -2.04. The first-order chi connectivity index (χ1) is 8.78. The highest BCUT2D eigenvalue weighted by molar-refractivity contribution is 7.98. The van der Waals surface area contributed by atoms with E-state index < -0.39 is 0 Å². The van der Waals surface area contributed by atoms with Crippen molar-refractivity contribution in [1.82, 2.24) is 19.5 Å². The molecule has 0 aliphatic rings. The van der Waals surface area contributed by atoms with Gasteiger partial charge in [0.15, 0.2) is 5.16 Å². The molecule has 3 rings (SSSR count). The molecule has 0 aliphatic heterocycles. The first-order valence-corrected chi connectivity index (χ1v) is 6.88. The average molecular weight is 277 g/mol. The molecule has 0 fully saturated rings. The SMILES string of the molecule is CSc1nccc(-n2cnc3ccc(Cl)cc32)n1. The number of rotatable bonds is 2. The van der Waals surface area contributed by atoms with Crippen molar-refractivity contribution in [3.63, 3.8) is 0 Å². The highest BCUT2D eigenvalue weighted by Crippen LogP contribution is 2.21. The summed E-state index contributed by atoms with van der Waals surface area (Å²) in [5, 5.41) is 1.42. The van der Waals surface area contributed by atoms with Gasteiger partial charge in [0.05, 0.1) is 11.0 Å². The Morgan fingerprint density at radius 2 is 2.11 bits per heavy atom. The lowest BCUT2D eigenvalue weighted by atomic mass is 10.3. The summed E-state index contributed by atoms with van der Waals surface area (Å²) in [6.07, 6.45) is 5.43. The normalized spacial score (nSPS) is 11.0. The molecule has 0 atom stereocenters. The van der Waals surface area contributed by atoms with E-state index in [9.17, 15) is 0 Å². The molecule has 1 aromatic carbocycles. The van der Waals surface area contributed by atoms with Gasteiger partial charge in [0, 0.05) is 11.2 Å². The minimum atomic E-state index is 0.684. The zero-order valence-electron chi connectivity index (χ0n) is 9.54. The van der Waals surface area contributed by atoms with Crippen LogP contribution in [0.5, 0.6) is 0 Å². The predicted octanol–water partition coefficient (Wildman–Crippen LogP) is 3.19. The zero-order valence-corrected chi connectivity index (χ0v) is 11.1. The fourth-order valence-corrected chi connectivity index (χ4v) is 2.25. The molecule has 0 amide bonds. The molecule has 90 valence electrons. The van der Waals surface area contributed by atoms with Gasteiger partial charge in [-0.05, 0) is 30.5 Å². The van der Waals surface area contributed by atoms with Gasteiger partial charge < -0.3 is 0 Å². The number of benzene rings is 1. The first kappa shape index (κ1) is 11.5. The van der Waals surface area contributed by atoms with E-state index in [0.717, 1.165) is 22.0 Å². The first-order valence-electron chi connectivity index (χ1n) is 5.28. The van der Waals surface area contributed by atoms with Gasteiger partial charge in [0.2, 0.25) is 0 Å². The predicted molar refractivity (Wildman–Crippen MR) is 73.5 cm³/mol. The van der Waals surface area contributed by atoms with Crippen LogP contribution in [0.3, 0.4) is 0 Å². The Morgan fingerprint density at radius 1 is 1.22 bits per heavy atom. The molecule has 0 radical (unpaired) electrons. The van der Waals surface area contributed by atoms with Crippen LogP contribution in [-0.2, 0) is 0 Å². The maximum Gasteiger partial charge on any atom is 0.189 e. The Morgan fingerprint density at radius 3 is 2.94 bits per heavy atom. The van der Waals surface area contributed by atoms with Crippen molar-refractivity contribution >= 4 is 34.4 Å². The molecule has 0 saturated carbocycles. The van der Waals surface area contributed by atoms with Crippen molar-refractivity contribution in [2.24, 2.45) is 0 Å². The van der Waals surface area contributed by atoms with Crippen LogP contribution < -0.4 is 0 Å². The van der Waals surface area contributed by atoms with Gasteiger partial charge in [-0.2, -0.15) is 0 Å². The molecule has 18 heavy (non-hydrogen) atoms. The summed E-state index contributed by atoms with van der Waals surface area (Å²) < 4.78 is 1.91. The van der Waals surface area contributed by atoms with Crippen LogP contribution in [0.1, 0.15) is 0 Å². The summed E-state index contributed by atoms with van der Waals surface area (Å²) in [7, 11) is 0. The minimum absolute atomic E-state index is 0.684. The second-order valence-electron chi connectivity index (χ2n) is 3.65. The van der Waals surface area contributed by atoms with Gasteiger partial charge in [-0.1, -0.05) is 23.4 Å². The Balaban J connectivity index is 2.21. The van der Waals surface area contributed by atoms with Crippen LogP contribution in [0.25, 0.3) is 16.9 Å². The lowest BCUT2D eigenvalue weighted by Crippen LogP contribution is -1.97. The van der Waals surface area contributed by atoms with E-state index in [1.807, 2.05) is 35.1 Å². The van der Waals surface area contributed by atoms with Crippen LogP contribution in [0.4, 0.5) is 0 Å². The molecule has 6 heteroatoms. The van der Waals surface area contributed by atoms with Crippen molar-refractivity contribution in [3.05, 3.63) is 41.8 Å². The molecule has 3 aromatic rings. The molecular weight excluding hydrogens is 268 g/mol. The van der Waals surface area contributed by atoms with E-state index in [2.05, 4.69) is 15.0 Å². The van der Waals surface area contributed by atoms with Crippen molar-refractivity contribution in [1.29, 1.82) is 0 Å². The molecule has 2 heterocycles. The van der Waals surface area contributed by atoms with Crippen molar-refractivity contribution < 1.29 is 0 Å². The molecule has 0 unspecified atom stereocenters.